The summed E-state index contributed by atoms with van der Waals surface area (Å²) in [5, 5.41) is 17.2. The molecule has 0 bridgehead atoms. The molecule has 1 heterocycles. The third-order valence-corrected chi connectivity index (χ3v) is 3.20. The maximum atomic E-state index is 13.3. The van der Waals surface area contributed by atoms with Gasteiger partial charge in [-0.05, 0) is 38.1 Å². The maximum absolute atomic E-state index is 13.3. The van der Waals surface area contributed by atoms with Crippen LogP contribution in [0.3, 0.4) is 0 Å². The number of carbonyl (C=O) groups is 3. The van der Waals surface area contributed by atoms with Gasteiger partial charge in [-0.25, -0.2) is 18.4 Å². The average molecular weight is 344 g/mol. The van der Waals surface area contributed by atoms with Crippen molar-refractivity contribution in [2.75, 3.05) is 25.0 Å². The summed E-state index contributed by atoms with van der Waals surface area (Å²) in [6.45, 7) is 2.06. The topological polar surface area (TPSA) is 107 Å². The number of hydrogen-bond acceptors (Lipinski definition) is 4. The molecule has 0 unspecified atom stereocenters. The number of nitrogens with zero attached hydrogens (tertiary/aromatic N) is 1. The van der Waals surface area contributed by atoms with E-state index in [1.54, 1.807) is 0 Å². The first-order valence-corrected chi connectivity index (χ1v) is 7.23. The summed E-state index contributed by atoms with van der Waals surface area (Å²) >= 11 is 0. The van der Waals surface area contributed by atoms with Crippen molar-refractivity contribution in [2.45, 2.75) is 19.3 Å². The standard InChI is InChI=1S/C13H16F2N2O.C2H2O4/c14-10-4-5-12(11(15)8-10)16-13(18)9-17-6-2-1-3-7-17;3-1(4)2(5)6/h4-5,8H,1-3,6-7,9H2,(H,16,18);(H,3,4)(H,5,6). The van der Waals surface area contributed by atoms with Gasteiger partial charge >= 0.3 is 11.9 Å². The van der Waals surface area contributed by atoms with Crippen LogP contribution in [0.2, 0.25) is 0 Å². The number of carboxylic acids is 2. The Morgan fingerprint density at radius 1 is 1.04 bits per heavy atom. The Hall–Kier alpha value is -2.55. The van der Waals surface area contributed by atoms with Crippen molar-refractivity contribution in [1.29, 1.82) is 0 Å². The normalized spacial score (nSPS) is 14.2. The Balaban J connectivity index is 0.000000413. The summed E-state index contributed by atoms with van der Waals surface area (Å²) < 4.78 is 26.0. The van der Waals surface area contributed by atoms with Crippen LogP contribution < -0.4 is 5.32 Å². The summed E-state index contributed by atoms with van der Waals surface area (Å²) in [4.78, 5) is 31.9. The molecule has 0 aliphatic carbocycles. The van der Waals surface area contributed by atoms with Crippen LogP contribution in [0.4, 0.5) is 14.5 Å². The molecular formula is C15H18F2N2O5. The number of hydrogen-bond donors (Lipinski definition) is 3. The van der Waals surface area contributed by atoms with Gasteiger partial charge in [0, 0.05) is 6.07 Å². The van der Waals surface area contributed by atoms with Crippen molar-refractivity contribution in [2.24, 2.45) is 0 Å². The van der Waals surface area contributed by atoms with Crippen molar-refractivity contribution in [1.82, 2.24) is 4.90 Å². The Morgan fingerprint density at radius 3 is 2.12 bits per heavy atom. The zero-order valence-electron chi connectivity index (χ0n) is 12.8. The quantitative estimate of drug-likeness (QED) is 0.718. The summed E-state index contributed by atoms with van der Waals surface area (Å²) in [5.74, 6) is -5.31. The van der Waals surface area contributed by atoms with Gasteiger partial charge in [0.2, 0.25) is 5.91 Å². The Kier molecular flexibility index (Phi) is 7.76. The van der Waals surface area contributed by atoms with Gasteiger partial charge in [0.25, 0.3) is 0 Å². The number of benzene rings is 1. The zero-order chi connectivity index (χ0) is 18.1. The molecule has 1 aliphatic rings. The fraction of sp³-hybridized carbons (Fsp3) is 0.400. The number of likely N-dealkylation sites (tertiary alicyclic amines) is 1. The van der Waals surface area contributed by atoms with Gasteiger partial charge in [-0.2, -0.15) is 0 Å². The Bertz CT molecular complexity index is 592. The number of aliphatic carboxylic acids is 2. The molecule has 1 fully saturated rings. The number of anilines is 1. The second kappa shape index (κ2) is 9.56. The van der Waals surface area contributed by atoms with Gasteiger partial charge in [0.1, 0.15) is 11.6 Å². The third-order valence-electron chi connectivity index (χ3n) is 3.20. The fourth-order valence-electron chi connectivity index (χ4n) is 2.10. The SMILES string of the molecule is O=C(CN1CCCCC1)Nc1ccc(F)cc1F.O=C(O)C(=O)O. The van der Waals surface area contributed by atoms with E-state index in [1.807, 2.05) is 4.90 Å². The Labute approximate surface area is 136 Å². The van der Waals surface area contributed by atoms with E-state index in [0.29, 0.717) is 0 Å². The lowest BCUT2D eigenvalue weighted by Gasteiger charge is -2.25. The van der Waals surface area contributed by atoms with E-state index in [-0.39, 0.29) is 18.1 Å². The molecule has 0 atom stereocenters. The molecule has 1 aliphatic heterocycles. The number of rotatable bonds is 3. The molecular weight excluding hydrogens is 326 g/mol. The molecule has 7 nitrogen and oxygen atoms in total. The number of nitrogens with one attached hydrogen (secondary N) is 1. The smallest absolute Gasteiger partial charge is 0.414 e. The molecule has 1 aromatic carbocycles. The van der Waals surface area contributed by atoms with Crippen LogP contribution in [0.15, 0.2) is 18.2 Å². The summed E-state index contributed by atoms with van der Waals surface area (Å²) in [5.41, 5.74) is 0.0263. The molecule has 0 radical (unpaired) electrons. The number of carboxylic acid groups (broad SMARTS) is 2. The lowest BCUT2D eigenvalue weighted by atomic mass is 10.1. The van der Waals surface area contributed by atoms with E-state index < -0.39 is 23.6 Å². The summed E-state index contributed by atoms with van der Waals surface area (Å²) in [7, 11) is 0. The minimum atomic E-state index is -1.82. The van der Waals surface area contributed by atoms with E-state index in [0.717, 1.165) is 38.1 Å². The molecule has 9 heteroatoms. The molecule has 0 aromatic heterocycles. The fourth-order valence-corrected chi connectivity index (χ4v) is 2.10. The first-order valence-electron chi connectivity index (χ1n) is 7.23. The first-order chi connectivity index (χ1) is 11.3. The predicted molar refractivity (Wildman–Crippen MR) is 80.6 cm³/mol. The summed E-state index contributed by atoms with van der Waals surface area (Å²) in [6, 6.07) is 3.12. The zero-order valence-corrected chi connectivity index (χ0v) is 12.8. The van der Waals surface area contributed by atoms with Crippen molar-refractivity contribution < 1.29 is 33.4 Å². The molecule has 2 rings (SSSR count). The van der Waals surface area contributed by atoms with Crippen LogP contribution >= 0.6 is 0 Å². The van der Waals surface area contributed by atoms with Crippen molar-refractivity contribution in [3.05, 3.63) is 29.8 Å². The van der Waals surface area contributed by atoms with Gasteiger partial charge < -0.3 is 15.5 Å². The third kappa shape index (κ3) is 7.14. The summed E-state index contributed by atoms with van der Waals surface area (Å²) in [6.07, 6.45) is 3.39. The van der Waals surface area contributed by atoms with E-state index in [2.05, 4.69) is 5.32 Å². The minimum absolute atomic E-state index is 0.0263. The van der Waals surface area contributed by atoms with E-state index >= 15 is 0 Å². The van der Waals surface area contributed by atoms with Crippen LogP contribution in [-0.4, -0.2) is 52.6 Å². The molecule has 0 spiro atoms. The maximum Gasteiger partial charge on any atom is 0.414 e. The second-order valence-corrected chi connectivity index (χ2v) is 5.12. The van der Waals surface area contributed by atoms with Gasteiger partial charge in [-0.15, -0.1) is 0 Å². The lowest BCUT2D eigenvalue weighted by Crippen LogP contribution is -2.36. The van der Waals surface area contributed by atoms with Crippen molar-refractivity contribution >= 4 is 23.5 Å². The largest absolute Gasteiger partial charge is 0.473 e. The molecule has 1 amide bonds. The minimum Gasteiger partial charge on any atom is -0.473 e. The molecule has 1 saturated heterocycles. The van der Waals surface area contributed by atoms with Gasteiger partial charge in [-0.1, -0.05) is 6.42 Å². The monoisotopic (exact) mass is 344 g/mol. The van der Waals surface area contributed by atoms with E-state index in [9.17, 15) is 13.6 Å². The highest BCUT2D eigenvalue weighted by Crippen LogP contribution is 2.15. The number of carbonyl (C=O) groups excluding carboxylic acids is 1. The molecule has 1 aromatic rings. The lowest BCUT2D eigenvalue weighted by molar-refractivity contribution is -0.159. The number of piperidine rings is 1. The predicted octanol–water partition coefficient (Wildman–Crippen LogP) is 1.54. The number of halogens is 2. The van der Waals surface area contributed by atoms with Crippen LogP contribution in [0.25, 0.3) is 0 Å². The highest BCUT2D eigenvalue weighted by Gasteiger charge is 2.15. The van der Waals surface area contributed by atoms with Gasteiger partial charge in [-0.3, -0.25) is 9.69 Å². The second-order valence-electron chi connectivity index (χ2n) is 5.12. The van der Waals surface area contributed by atoms with E-state index in [1.165, 1.54) is 12.5 Å². The first kappa shape index (κ1) is 19.5. The molecule has 0 saturated carbocycles. The molecule has 24 heavy (non-hydrogen) atoms. The van der Waals surface area contributed by atoms with E-state index in [4.69, 9.17) is 19.8 Å². The van der Waals surface area contributed by atoms with Crippen LogP contribution in [0.5, 0.6) is 0 Å². The highest BCUT2D eigenvalue weighted by atomic mass is 19.1. The Morgan fingerprint density at radius 2 is 1.62 bits per heavy atom. The number of amides is 1. The van der Waals surface area contributed by atoms with Gasteiger partial charge in [0.15, 0.2) is 0 Å². The van der Waals surface area contributed by atoms with Gasteiger partial charge in [0.05, 0.1) is 12.2 Å². The van der Waals surface area contributed by atoms with Crippen LogP contribution in [0, 0.1) is 11.6 Å². The van der Waals surface area contributed by atoms with Crippen LogP contribution in [0.1, 0.15) is 19.3 Å². The highest BCUT2D eigenvalue weighted by molar-refractivity contribution is 6.27. The van der Waals surface area contributed by atoms with Crippen molar-refractivity contribution in [3.63, 3.8) is 0 Å². The van der Waals surface area contributed by atoms with Crippen molar-refractivity contribution in [3.8, 4) is 0 Å². The average Bonchev–Trinajstić information content (AvgIpc) is 2.51. The molecule has 3 N–H and O–H groups in total. The molecule has 132 valence electrons. The van der Waals surface area contributed by atoms with Crippen LogP contribution in [-0.2, 0) is 14.4 Å².